The van der Waals surface area contributed by atoms with Gasteiger partial charge in [0.2, 0.25) is 5.91 Å². The molecule has 5 heteroatoms. The van der Waals surface area contributed by atoms with E-state index >= 15 is 0 Å². The summed E-state index contributed by atoms with van der Waals surface area (Å²) in [5.74, 6) is 0.144. The molecule has 1 aliphatic heterocycles. The molecule has 1 aliphatic carbocycles. The Balaban J connectivity index is 1.56. The molecule has 2 N–H and O–H groups in total. The lowest BCUT2D eigenvalue weighted by atomic mass is 9.80. The van der Waals surface area contributed by atoms with Crippen LogP contribution in [0.25, 0.3) is 0 Å². The third-order valence-electron chi connectivity index (χ3n) is 5.91. The normalized spacial score (nSPS) is 24.9. The molecule has 3 amide bonds. The molecule has 2 aliphatic rings. The predicted octanol–water partition coefficient (Wildman–Crippen LogP) is 3.69. The molecule has 1 saturated carbocycles. The number of piperidine rings is 1. The summed E-state index contributed by atoms with van der Waals surface area (Å²) in [6.07, 6.45) is 6.13. The number of likely N-dealkylation sites (tertiary alicyclic amines) is 1. The SMILES string of the molecule is CC1(C)CCCN(C(=O)[C@H]2CCCC[C@H]2NC(=O)NCc2ccccc2)C1. The van der Waals surface area contributed by atoms with Crippen molar-refractivity contribution in [2.75, 3.05) is 13.1 Å². The third-order valence-corrected chi connectivity index (χ3v) is 5.91. The quantitative estimate of drug-likeness (QED) is 0.848. The maximum atomic E-state index is 13.2. The van der Waals surface area contributed by atoms with E-state index in [9.17, 15) is 9.59 Å². The smallest absolute Gasteiger partial charge is 0.315 e. The summed E-state index contributed by atoms with van der Waals surface area (Å²) in [4.78, 5) is 27.6. The average molecular weight is 372 g/mol. The molecule has 1 heterocycles. The molecule has 3 rings (SSSR count). The number of nitrogens with zero attached hydrogens (tertiary/aromatic N) is 1. The van der Waals surface area contributed by atoms with Crippen molar-refractivity contribution in [3.8, 4) is 0 Å². The van der Waals surface area contributed by atoms with Crippen LogP contribution in [-0.2, 0) is 11.3 Å². The minimum Gasteiger partial charge on any atom is -0.342 e. The van der Waals surface area contributed by atoms with Gasteiger partial charge in [-0.1, -0.05) is 57.0 Å². The fourth-order valence-corrected chi connectivity index (χ4v) is 4.44. The molecule has 0 spiro atoms. The van der Waals surface area contributed by atoms with Crippen molar-refractivity contribution in [1.29, 1.82) is 0 Å². The number of rotatable bonds is 4. The van der Waals surface area contributed by atoms with Gasteiger partial charge in [-0.15, -0.1) is 0 Å². The van der Waals surface area contributed by atoms with Crippen LogP contribution in [0.2, 0.25) is 0 Å². The van der Waals surface area contributed by atoms with Crippen molar-refractivity contribution in [2.45, 2.75) is 65.0 Å². The van der Waals surface area contributed by atoms with Gasteiger partial charge in [-0.3, -0.25) is 4.79 Å². The first-order valence-corrected chi connectivity index (χ1v) is 10.3. The molecule has 2 atom stereocenters. The summed E-state index contributed by atoms with van der Waals surface area (Å²) in [7, 11) is 0. The van der Waals surface area contributed by atoms with Gasteiger partial charge < -0.3 is 15.5 Å². The third kappa shape index (κ3) is 5.47. The molecule has 0 radical (unpaired) electrons. The molecule has 148 valence electrons. The van der Waals surface area contributed by atoms with Crippen molar-refractivity contribution in [2.24, 2.45) is 11.3 Å². The lowest BCUT2D eigenvalue weighted by molar-refractivity contribution is -0.140. The highest BCUT2D eigenvalue weighted by Crippen LogP contribution is 2.32. The summed E-state index contributed by atoms with van der Waals surface area (Å²) in [6, 6.07) is 9.63. The lowest BCUT2D eigenvalue weighted by Crippen LogP contribution is -2.54. The highest BCUT2D eigenvalue weighted by atomic mass is 16.2. The molecule has 1 saturated heterocycles. The van der Waals surface area contributed by atoms with Crippen molar-refractivity contribution < 1.29 is 9.59 Å². The molecule has 27 heavy (non-hydrogen) atoms. The van der Waals surface area contributed by atoms with Crippen LogP contribution in [0.1, 0.15) is 57.9 Å². The molecular weight excluding hydrogens is 338 g/mol. The molecule has 0 unspecified atom stereocenters. The fraction of sp³-hybridized carbons (Fsp3) is 0.636. The van der Waals surface area contributed by atoms with Crippen LogP contribution in [0, 0.1) is 11.3 Å². The minimum absolute atomic E-state index is 0.0629. The average Bonchev–Trinajstić information content (AvgIpc) is 2.66. The second kappa shape index (κ2) is 8.77. The van der Waals surface area contributed by atoms with Gasteiger partial charge in [0.1, 0.15) is 0 Å². The van der Waals surface area contributed by atoms with Crippen LogP contribution in [0.4, 0.5) is 4.79 Å². The summed E-state index contributed by atoms with van der Waals surface area (Å²) in [5, 5.41) is 6.01. The Morgan fingerprint density at radius 3 is 2.59 bits per heavy atom. The van der Waals surface area contributed by atoms with Crippen LogP contribution in [0.15, 0.2) is 30.3 Å². The summed E-state index contributed by atoms with van der Waals surface area (Å²) in [6.45, 7) is 6.65. The maximum absolute atomic E-state index is 13.2. The van der Waals surface area contributed by atoms with Crippen molar-refractivity contribution in [3.63, 3.8) is 0 Å². The van der Waals surface area contributed by atoms with Gasteiger partial charge in [0, 0.05) is 25.7 Å². The molecular formula is C22H33N3O2. The van der Waals surface area contributed by atoms with E-state index in [4.69, 9.17) is 0 Å². The van der Waals surface area contributed by atoms with Crippen molar-refractivity contribution in [1.82, 2.24) is 15.5 Å². The first-order valence-electron chi connectivity index (χ1n) is 10.3. The zero-order valence-corrected chi connectivity index (χ0v) is 16.7. The van der Waals surface area contributed by atoms with E-state index in [2.05, 4.69) is 24.5 Å². The molecule has 2 fully saturated rings. The predicted molar refractivity (Wildman–Crippen MR) is 107 cm³/mol. The Bertz CT molecular complexity index is 644. The van der Waals surface area contributed by atoms with E-state index in [-0.39, 0.29) is 29.3 Å². The van der Waals surface area contributed by atoms with E-state index in [1.165, 1.54) is 6.42 Å². The van der Waals surface area contributed by atoms with Crippen LogP contribution < -0.4 is 10.6 Å². The largest absolute Gasteiger partial charge is 0.342 e. The number of nitrogens with one attached hydrogen (secondary N) is 2. The van der Waals surface area contributed by atoms with Gasteiger partial charge >= 0.3 is 6.03 Å². The number of urea groups is 1. The Labute approximate surface area is 162 Å². The van der Waals surface area contributed by atoms with E-state index < -0.39 is 0 Å². The fourth-order valence-electron chi connectivity index (χ4n) is 4.44. The van der Waals surface area contributed by atoms with Crippen LogP contribution in [0.3, 0.4) is 0 Å². The van der Waals surface area contributed by atoms with Crippen molar-refractivity contribution >= 4 is 11.9 Å². The standard InChI is InChI=1S/C22H33N3O2/c1-22(2)13-8-14-25(16-22)20(26)18-11-6-7-12-19(18)24-21(27)23-15-17-9-4-3-5-10-17/h3-5,9-10,18-19H,6-8,11-16H2,1-2H3,(H2,23,24,27)/t18-,19+/m0/s1. The molecule has 0 aromatic heterocycles. The first kappa shape index (κ1) is 19.7. The Hall–Kier alpha value is -2.04. The van der Waals surface area contributed by atoms with E-state index in [0.717, 1.165) is 50.8 Å². The zero-order chi connectivity index (χ0) is 19.3. The Kier molecular flexibility index (Phi) is 6.40. The number of amides is 3. The number of carbonyl (C=O) groups is 2. The topological polar surface area (TPSA) is 61.4 Å². The number of carbonyl (C=O) groups excluding carboxylic acids is 2. The maximum Gasteiger partial charge on any atom is 0.315 e. The molecule has 1 aromatic rings. The Morgan fingerprint density at radius 1 is 1.11 bits per heavy atom. The first-order chi connectivity index (χ1) is 12.9. The van der Waals surface area contributed by atoms with Gasteiger partial charge in [0.15, 0.2) is 0 Å². The van der Waals surface area contributed by atoms with E-state index in [1.807, 2.05) is 35.2 Å². The van der Waals surface area contributed by atoms with E-state index in [1.54, 1.807) is 0 Å². The van der Waals surface area contributed by atoms with Gasteiger partial charge in [-0.05, 0) is 36.7 Å². The summed E-state index contributed by atoms with van der Waals surface area (Å²) in [5.41, 5.74) is 1.26. The number of hydrogen-bond acceptors (Lipinski definition) is 2. The number of benzene rings is 1. The highest BCUT2D eigenvalue weighted by molar-refractivity contribution is 5.81. The second-order valence-electron chi connectivity index (χ2n) is 8.84. The van der Waals surface area contributed by atoms with Gasteiger partial charge in [0.25, 0.3) is 0 Å². The number of hydrogen-bond donors (Lipinski definition) is 2. The molecule has 5 nitrogen and oxygen atoms in total. The Morgan fingerprint density at radius 2 is 1.85 bits per heavy atom. The second-order valence-corrected chi connectivity index (χ2v) is 8.84. The van der Waals surface area contributed by atoms with Crippen LogP contribution >= 0.6 is 0 Å². The monoisotopic (exact) mass is 371 g/mol. The van der Waals surface area contributed by atoms with Crippen molar-refractivity contribution in [3.05, 3.63) is 35.9 Å². The summed E-state index contributed by atoms with van der Waals surface area (Å²) >= 11 is 0. The van der Waals surface area contributed by atoms with Gasteiger partial charge in [-0.2, -0.15) is 0 Å². The summed E-state index contributed by atoms with van der Waals surface area (Å²) < 4.78 is 0. The van der Waals surface area contributed by atoms with Crippen LogP contribution in [0.5, 0.6) is 0 Å². The van der Waals surface area contributed by atoms with Gasteiger partial charge in [-0.25, -0.2) is 4.79 Å². The molecule has 1 aromatic carbocycles. The van der Waals surface area contributed by atoms with Gasteiger partial charge in [0.05, 0.1) is 5.92 Å². The molecule has 0 bridgehead atoms. The van der Waals surface area contributed by atoms with Crippen LogP contribution in [-0.4, -0.2) is 36.0 Å². The zero-order valence-electron chi connectivity index (χ0n) is 16.7. The van der Waals surface area contributed by atoms with E-state index in [0.29, 0.717) is 6.54 Å². The highest BCUT2D eigenvalue weighted by Gasteiger charge is 2.37. The minimum atomic E-state index is -0.178. The lowest BCUT2D eigenvalue weighted by Gasteiger charge is -2.41.